The second kappa shape index (κ2) is 6.45. The number of carbonyl (C=O) groups is 2. The summed E-state index contributed by atoms with van der Waals surface area (Å²) in [6.07, 6.45) is 0. The summed E-state index contributed by atoms with van der Waals surface area (Å²) in [6.45, 7) is 0.172. The van der Waals surface area contributed by atoms with E-state index in [4.69, 9.17) is 16.3 Å². The first kappa shape index (κ1) is 15.0. The van der Waals surface area contributed by atoms with Crippen molar-refractivity contribution in [3.05, 3.63) is 52.7 Å². The SMILES string of the molecule is O=COC(=O)c1[nH]nnc1OCc1ccc(Cl)c2ccccc12. The number of aromatic amines is 1. The second-order valence-corrected chi connectivity index (χ2v) is 4.94. The van der Waals surface area contributed by atoms with Crippen molar-refractivity contribution in [3.8, 4) is 5.88 Å². The van der Waals surface area contributed by atoms with Gasteiger partial charge >= 0.3 is 12.4 Å². The molecule has 8 heteroatoms. The van der Waals surface area contributed by atoms with Crippen LogP contribution in [0.3, 0.4) is 0 Å². The van der Waals surface area contributed by atoms with Gasteiger partial charge < -0.3 is 9.47 Å². The van der Waals surface area contributed by atoms with Gasteiger partial charge in [0.25, 0.3) is 5.88 Å². The van der Waals surface area contributed by atoms with E-state index in [0.717, 1.165) is 16.3 Å². The van der Waals surface area contributed by atoms with Crippen molar-refractivity contribution in [1.29, 1.82) is 0 Å². The normalized spacial score (nSPS) is 10.5. The summed E-state index contributed by atoms with van der Waals surface area (Å²) in [6, 6.07) is 11.2. The van der Waals surface area contributed by atoms with Gasteiger partial charge in [-0.15, -0.1) is 0 Å². The summed E-state index contributed by atoms with van der Waals surface area (Å²) in [4.78, 5) is 21.8. The van der Waals surface area contributed by atoms with Crippen LogP contribution in [0.15, 0.2) is 36.4 Å². The average Bonchev–Trinajstić information content (AvgIpc) is 3.03. The molecule has 0 aliphatic heterocycles. The quantitative estimate of drug-likeness (QED) is 0.438. The summed E-state index contributed by atoms with van der Waals surface area (Å²) in [7, 11) is 0. The van der Waals surface area contributed by atoms with E-state index in [1.165, 1.54) is 0 Å². The lowest BCUT2D eigenvalue weighted by Crippen LogP contribution is -2.07. The molecule has 0 radical (unpaired) electrons. The molecule has 1 aromatic heterocycles. The fourth-order valence-electron chi connectivity index (χ4n) is 2.15. The Labute approximate surface area is 135 Å². The van der Waals surface area contributed by atoms with Crippen LogP contribution < -0.4 is 4.74 Å². The van der Waals surface area contributed by atoms with Gasteiger partial charge in [-0.05, 0) is 17.0 Å². The highest BCUT2D eigenvalue weighted by atomic mass is 35.5. The maximum absolute atomic E-state index is 11.5. The lowest BCUT2D eigenvalue weighted by Gasteiger charge is -2.09. The fraction of sp³-hybridized carbons (Fsp3) is 0.0667. The van der Waals surface area contributed by atoms with Crippen LogP contribution in [-0.2, 0) is 16.1 Å². The largest absolute Gasteiger partial charge is 0.470 e. The predicted octanol–water partition coefficient (Wildman–Crippen LogP) is 2.50. The Kier molecular flexibility index (Phi) is 4.20. The Morgan fingerprint density at radius 3 is 2.78 bits per heavy atom. The highest BCUT2D eigenvalue weighted by molar-refractivity contribution is 6.35. The van der Waals surface area contributed by atoms with Gasteiger partial charge in [0.15, 0.2) is 0 Å². The Bertz CT molecular complexity index is 878. The molecular formula is C15H10ClN3O4. The van der Waals surface area contributed by atoms with Gasteiger partial charge in [-0.2, -0.15) is 0 Å². The Hall–Kier alpha value is -2.93. The average molecular weight is 332 g/mol. The number of rotatable bonds is 5. The number of nitrogens with one attached hydrogen (secondary N) is 1. The molecule has 2 aromatic carbocycles. The maximum Gasteiger partial charge on any atom is 0.369 e. The van der Waals surface area contributed by atoms with Crippen molar-refractivity contribution >= 4 is 34.8 Å². The van der Waals surface area contributed by atoms with Gasteiger partial charge in [-0.1, -0.05) is 52.2 Å². The fourth-order valence-corrected chi connectivity index (χ4v) is 2.38. The lowest BCUT2D eigenvalue weighted by atomic mass is 10.1. The number of esters is 1. The van der Waals surface area contributed by atoms with Gasteiger partial charge in [0.05, 0.1) is 0 Å². The standard InChI is InChI=1S/C15H10ClN3O4/c16-12-6-5-9(10-3-1-2-4-11(10)12)7-22-14-13(17-19-18-14)15(21)23-8-20/h1-6,8H,7H2,(H,17,18,19). The molecule has 3 rings (SSSR count). The van der Waals surface area contributed by atoms with Crippen LogP contribution in [0.5, 0.6) is 5.88 Å². The molecule has 0 atom stereocenters. The molecule has 0 fully saturated rings. The van der Waals surface area contributed by atoms with Crippen molar-refractivity contribution in [1.82, 2.24) is 15.4 Å². The smallest absolute Gasteiger partial charge is 0.369 e. The van der Waals surface area contributed by atoms with E-state index in [0.29, 0.717) is 5.02 Å². The van der Waals surface area contributed by atoms with E-state index in [1.807, 2.05) is 30.3 Å². The molecular weight excluding hydrogens is 322 g/mol. The lowest BCUT2D eigenvalue weighted by molar-refractivity contribution is -0.123. The monoisotopic (exact) mass is 331 g/mol. The van der Waals surface area contributed by atoms with Crippen LogP contribution in [0.2, 0.25) is 5.02 Å². The predicted molar refractivity (Wildman–Crippen MR) is 81.2 cm³/mol. The third-order valence-corrected chi connectivity index (χ3v) is 3.53. The molecule has 3 aromatic rings. The van der Waals surface area contributed by atoms with E-state index in [-0.39, 0.29) is 24.7 Å². The number of halogens is 1. The molecule has 0 bridgehead atoms. The highest BCUT2D eigenvalue weighted by Gasteiger charge is 2.19. The van der Waals surface area contributed by atoms with Crippen molar-refractivity contribution in [3.63, 3.8) is 0 Å². The van der Waals surface area contributed by atoms with E-state index >= 15 is 0 Å². The summed E-state index contributed by atoms with van der Waals surface area (Å²) in [5, 5.41) is 11.9. The first-order valence-electron chi connectivity index (χ1n) is 6.55. The Balaban J connectivity index is 1.85. The number of fused-ring (bicyclic) bond motifs is 1. The zero-order chi connectivity index (χ0) is 16.2. The van der Waals surface area contributed by atoms with E-state index in [2.05, 4.69) is 20.1 Å². The van der Waals surface area contributed by atoms with Crippen LogP contribution in [0.4, 0.5) is 0 Å². The van der Waals surface area contributed by atoms with Crippen molar-refractivity contribution in [2.24, 2.45) is 0 Å². The molecule has 0 spiro atoms. The minimum Gasteiger partial charge on any atom is -0.470 e. The van der Waals surface area contributed by atoms with E-state index < -0.39 is 5.97 Å². The summed E-state index contributed by atoms with van der Waals surface area (Å²) >= 11 is 6.17. The van der Waals surface area contributed by atoms with Crippen molar-refractivity contribution < 1.29 is 19.1 Å². The van der Waals surface area contributed by atoms with Crippen molar-refractivity contribution in [2.75, 3.05) is 0 Å². The zero-order valence-electron chi connectivity index (χ0n) is 11.7. The summed E-state index contributed by atoms with van der Waals surface area (Å²) < 4.78 is 9.75. The number of benzene rings is 2. The number of ether oxygens (including phenoxy) is 2. The molecule has 0 saturated carbocycles. The van der Waals surface area contributed by atoms with Crippen LogP contribution in [0.1, 0.15) is 16.1 Å². The number of hydrogen-bond acceptors (Lipinski definition) is 6. The highest BCUT2D eigenvalue weighted by Crippen LogP contribution is 2.27. The topological polar surface area (TPSA) is 94.2 Å². The molecule has 1 N–H and O–H groups in total. The van der Waals surface area contributed by atoms with Crippen molar-refractivity contribution in [2.45, 2.75) is 6.61 Å². The number of H-pyrrole nitrogens is 1. The molecule has 1 heterocycles. The third-order valence-electron chi connectivity index (χ3n) is 3.20. The molecule has 116 valence electrons. The molecule has 0 aliphatic rings. The molecule has 0 aliphatic carbocycles. The number of nitrogens with zero attached hydrogens (tertiary/aromatic N) is 2. The molecule has 0 saturated heterocycles. The number of hydrogen-bond donors (Lipinski definition) is 1. The first-order valence-corrected chi connectivity index (χ1v) is 6.93. The van der Waals surface area contributed by atoms with Gasteiger partial charge in [-0.3, -0.25) is 4.79 Å². The van der Waals surface area contributed by atoms with Crippen LogP contribution >= 0.6 is 11.6 Å². The zero-order valence-corrected chi connectivity index (χ0v) is 12.4. The van der Waals surface area contributed by atoms with Crippen LogP contribution in [0, 0.1) is 0 Å². The van der Waals surface area contributed by atoms with Crippen LogP contribution in [-0.4, -0.2) is 27.9 Å². The van der Waals surface area contributed by atoms with Gasteiger partial charge in [0.2, 0.25) is 5.69 Å². The second-order valence-electron chi connectivity index (χ2n) is 4.53. The Morgan fingerprint density at radius 1 is 1.22 bits per heavy atom. The van der Waals surface area contributed by atoms with Gasteiger partial charge in [0.1, 0.15) is 6.61 Å². The molecule has 23 heavy (non-hydrogen) atoms. The summed E-state index contributed by atoms with van der Waals surface area (Å²) in [5.41, 5.74) is 0.734. The molecule has 0 unspecified atom stereocenters. The van der Waals surface area contributed by atoms with E-state index in [9.17, 15) is 9.59 Å². The number of carbonyl (C=O) groups excluding carboxylic acids is 2. The number of aromatic nitrogens is 3. The first-order chi connectivity index (χ1) is 11.2. The Morgan fingerprint density at radius 2 is 2.00 bits per heavy atom. The minimum atomic E-state index is -0.916. The van der Waals surface area contributed by atoms with Gasteiger partial charge in [0, 0.05) is 10.4 Å². The summed E-state index contributed by atoms with van der Waals surface area (Å²) in [5.74, 6) is -0.961. The third kappa shape index (κ3) is 3.00. The van der Waals surface area contributed by atoms with Gasteiger partial charge in [-0.25, -0.2) is 9.89 Å². The minimum absolute atomic E-state index is 0.0274. The maximum atomic E-state index is 11.5. The van der Waals surface area contributed by atoms with Crippen LogP contribution in [0.25, 0.3) is 10.8 Å². The van der Waals surface area contributed by atoms with E-state index in [1.54, 1.807) is 6.07 Å². The molecule has 7 nitrogen and oxygen atoms in total. The molecule has 0 amide bonds.